The number of aliphatic hydroxyl groups excluding tert-OH is 1. The lowest BCUT2D eigenvalue weighted by atomic mass is 10.1. The van der Waals surface area contributed by atoms with Gasteiger partial charge < -0.3 is 20.5 Å². The van der Waals surface area contributed by atoms with Gasteiger partial charge in [0.25, 0.3) is 0 Å². The number of nitrogens with one attached hydrogen (secondary N) is 2. The molecule has 1 atom stereocenters. The van der Waals surface area contributed by atoms with Crippen LogP contribution in [0, 0.1) is 0 Å². The van der Waals surface area contributed by atoms with Gasteiger partial charge in [-0.25, -0.2) is 9.59 Å². The minimum atomic E-state index is -0.412. The van der Waals surface area contributed by atoms with E-state index in [1.54, 1.807) is 6.92 Å². The first kappa shape index (κ1) is 13.8. The molecule has 0 saturated carbocycles. The van der Waals surface area contributed by atoms with Crippen LogP contribution in [0.1, 0.15) is 13.3 Å². The first-order valence-electron chi connectivity index (χ1n) is 6.44. The molecule has 2 aliphatic heterocycles. The molecule has 0 radical (unpaired) electrons. The van der Waals surface area contributed by atoms with E-state index in [1.165, 1.54) is 0 Å². The molecular formula is C12H19N3O4. The Bertz CT molecular complexity index is 408. The highest BCUT2D eigenvalue weighted by molar-refractivity contribution is 5.93. The molecular weight excluding hydrogens is 250 g/mol. The number of hydrogen-bond donors (Lipinski definition) is 3. The van der Waals surface area contributed by atoms with Crippen molar-refractivity contribution in [2.45, 2.75) is 19.4 Å². The normalized spacial score (nSPS) is 24.1. The Morgan fingerprint density at radius 2 is 2.37 bits per heavy atom. The van der Waals surface area contributed by atoms with Gasteiger partial charge in [-0.05, 0) is 13.3 Å². The maximum Gasteiger partial charge on any atom is 0.337 e. The van der Waals surface area contributed by atoms with Gasteiger partial charge in [-0.2, -0.15) is 0 Å². The summed E-state index contributed by atoms with van der Waals surface area (Å²) in [6, 6.07) is -0.317. The molecule has 2 heterocycles. The second-order valence-electron chi connectivity index (χ2n) is 4.66. The smallest absolute Gasteiger partial charge is 0.337 e. The third kappa shape index (κ3) is 3.45. The second kappa shape index (κ2) is 6.03. The van der Waals surface area contributed by atoms with Crippen LogP contribution in [0.5, 0.6) is 0 Å². The van der Waals surface area contributed by atoms with Crippen molar-refractivity contribution in [1.29, 1.82) is 0 Å². The van der Waals surface area contributed by atoms with Crippen molar-refractivity contribution in [3.63, 3.8) is 0 Å². The number of urea groups is 1. The molecule has 2 amide bonds. The van der Waals surface area contributed by atoms with Crippen molar-refractivity contribution in [3.8, 4) is 0 Å². The van der Waals surface area contributed by atoms with E-state index in [1.807, 2.05) is 4.90 Å². The van der Waals surface area contributed by atoms with Crippen LogP contribution in [-0.2, 0) is 9.53 Å². The highest BCUT2D eigenvalue weighted by atomic mass is 16.5. The lowest BCUT2D eigenvalue weighted by Crippen LogP contribution is -2.46. The number of carbonyl (C=O) groups is 2. The Morgan fingerprint density at radius 1 is 1.58 bits per heavy atom. The Kier molecular flexibility index (Phi) is 4.39. The van der Waals surface area contributed by atoms with E-state index in [0.717, 1.165) is 6.54 Å². The molecule has 0 aromatic rings. The van der Waals surface area contributed by atoms with E-state index in [2.05, 4.69) is 10.6 Å². The molecule has 7 nitrogen and oxygen atoms in total. The molecule has 0 aromatic carbocycles. The van der Waals surface area contributed by atoms with Crippen LogP contribution in [-0.4, -0.2) is 60.9 Å². The molecule has 0 unspecified atom stereocenters. The number of hydrogen-bond acceptors (Lipinski definition) is 5. The fourth-order valence-corrected chi connectivity index (χ4v) is 2.26. The predicted molar refractivity (Wildman–Crippen MR) is 67.3 cm³/mol. The van der Waals surface area contributed by atoms with Crippen LogP contribution in [0.25, 0.3) is 0 Å². The maximum atomic E-state index is 11.8. The predicted octanol–water partition coefficient (Wildman–Crippen LogP) is -0.817. The van der Waals surface area contributed by atoms with Crippen molar-refractivity contribution in [3.05, 3.63) is 11.3 Å². The third-order valence-electron chi connectivity index (χ3n) is 3.21. The number of esters is 1. The van der Waals surface area contributed by atoms with E-state index in [0.29, 0.717) is 37.4 Å². The minimum absolute atomic E-state index is 0.177. The van der Waals surface area contributed by atoms with Crippen LogP contribution in [0.4, 0.5) is 4.79 Å². The van der Waals surface area contributed by atoms with Gasteiger partial charge in [0.15, 0.2) is 0 Å². The molecule has 0 bridgehead atoms. The van der Waals surface area contributed by atoms with Gasteiger partial charge in [-0.1, -0.05) is 0 Å². The first-order valence-corrected chi connectivity index (χ1v) is 6.44. The Hall–Kier alpha value is -1.60. The second-order valence-corrected chi connectivity index (χ2v) is 4.66. The van der Waals surface area contributed by atoms with Gasteiger partial charge in [0.2, 0.25) is 0 Å². The van der Waals surface area contributed by atoms with Gasteiger partial charge in [0.05, 0.1) is 24.8 Å². The molecule has 0 aliphatic carbocycles. The Balaban J connectivity index is 2.09. The average molecular weight is 269 g/mol. The highest BCUT2D eigenvalue weighted by Crippen LogP contribution is 2.14. The lowest BCUT2D eigenvalue weighted by molar-refractivity contribution is -0.138. The zero-order valence-corrected chi connectivity index (χ0v) is 10.9. The van der Waals surface area contributed by atoms with Crippen LogP contribution < -0.4 is 10.6 Å². The van der Waals surface area contributed by atoms with Gasteiger partial charge in [-0.3, -0.25) is 4.90 Å². The molecule has 2 aliphatic rings. The van der Waals surface area contributed by atoms with Crippen molar-refractivity contribution >= 4 is 12.0 Å². The molecule has 2 rings (SSSR count). The summed E-state index contributed by atoms with van der Waals surface area (Å²) < 4.78 is 4.98. The number of amides is 2. The summed E-state index contributed by atoms with van der Waals surface area (Å²) in [5, 5.41) is 14.7. The first-order chi connectivity index (χ1) is 9.10. The van der Waals surface area contributed by atoms with Crippen LogP contribution in [0.3, 0.4) is 0 Å². The van der Waals surface area contributed by atoms with E-state index in [4.69, 9.17) is 4.74 Å². The number of rotatable bonds is 4. The number of β-amino-alcohol motifs (C(OH)–C–C–N with tert-alkyl or cyclic N) is 1. The van der Waals surface area contributed by atoms with Crippen molar-refractivity contribution in [2.75, 3.05) is 32.8 Å². The third-order valence-corrected chi connectivity index (χ3v) is 3.21. The summed E-state index contributed by atoms with van der Waals surface area (Å²) in [6.45, 7) is 3.97. The summed E-state index contributed by atoms with van der Waals surface area (Å²) >= 11 is 0. The van der Waals surface area contributed by atoms with Gasteiger partial charge in [-0.15, -0.1) is 0 Å². The van der Waals surface area contributed by atoms with Crippen molar-refractivity contribution in [1.82, 2.24) is 15.5 Å². The summed E-state index contributed by atoms with van der Waals surface area (Å²) in [4.78, 5) is 25.2. The molecule has 19 heavy (non-hydrogen) atoms. The van der Waals surface area contributed by atoms with Crippen LogP contribution in [0.15, 0.2) is 11.3 Å². The van der Waals surface area contributed by atoms with Gasteiger partial charge >= 0.3 is 12.0 Å². The molecule has 0 spiro atoms. The molecule has 0 aromatic heterocycles. The monoisotopic (exact) mass is 269 g/mol. The number of likely N-dealkylation sites (tertiary alicyclic amines) is 1. The topological polar surface area (TPSA) is 90.9 Å². The lowest BCUT2D eigenvalue weighted by Gasteiger charge is -2.24. The van der Waals surface area contributed by atoms with Gasteiger partial charge in [0.1, 0.15) is 0 Å². The van der Waals surface area contributed by atoms with E-state index < -0.39 is 5.97 Å². The van der Waals surface area contributed by atoms with E-state index in [9.17, 15) is 14.7 Å². The van der Waals surface area contributed by atoms with Crippen molar-refractivity contribution < 1.29 is 19.4 Å². The molecule has 1 saturated heterocycles. The van der Waals surface area contributed by atoms with Crippen molar-refractivity contribution in [2.24, 2.45) is 0 Å². The number of nitrogens with zero attached hydrogens (tertiary/aromatic N) is 1. The van der Waals surface area contributed by atoms with Crippen LogP contribution in [0.2, 0.25) is 0 Å². The SMILES string of the molecule is CCOC(=O)C1=C(CN2CC[C@H](O)C2)NC(=O)NC1. The summed E-state index contributed by atoms with van der Waals surface area (Å²) in [5.41, 5.74) is 1.01. The largest absolute Gasteiger partial charge is 0.463 e. The summed E-state index contributed by atoms with van der Waals surface area (Å²) in [7, 11) is 0. The maximum absolute atomic E-state index is 11.8. The van der Waals surface area contributed by atoms with Gasteiger partial charge in [0, 0.05) is 25.3 Å². The average Bonchev–Trinajstić information content (AvgIpc) is 2.75. The minimum Gasteiger partial charge on any atom is -0.463 e. The zero-order valence-electron chi connectivity index (χ0n) is 10.9. The van der Waals surface area contributed by atoms with E-state index >= 15 is 0 Å². The summed E-state index contributed by atoms with van der Waals surface area (Å²) in [6.07, 6.45) is 0.387. The molecule has 106 valence electrons. The summed E-state index contributed by atoms with van der Waals surface area (Å²) in [5.74, 6) is -0.412. The quantitative estimate of drug-likeness (QED) is 0.580. The van der Waals surface area contributed by atoms with Crippen LogP contribution >= 0.6 is 0 Å². The standard InChI is InChI=1S/C12H19N3O4/c1-2-19-11(17)9-5-13-12(18)14-10(9)7-15-4-3-8(16)6-15/h8,16H,2-7H2,1H3,(H2,13,14,18)/t8-/m0/s1. The zero-order chi connectivity index (χ0) is 13.8. The number of aliphatic hydroxyl groups is 1. The number of carbonyl (C=O) groups excluding carboxylic acids is 2. The molecule has 1 fully saturated rings. The number of ether oxygens (including phenoxy) is 1. The fraction of sp³-hybridized carbons (Fsp3) is 0.667. The van der Waals surface area contributed by atoms with E-state index in [-0.39, 0.29) is 18.7 Å². The molecule has 3 N–H and O–H groups in total. The highest BCUT2D eigenvalue weighted by Gasteiger charge is 2.27. The molecule has 7 heteroatoms. The Labute approximate surface area is 111 Å². The Morgan fingerprint density at radius 3 is 3.00 bits per heavy atom. The fourth-order valence-electron chi connectivity index (χ4n) is 2.26.